The van der Waals surface area contributed by atoms with Crippen molar-refractivity contribution in [2.45, 2.75) is 19.9 Å². The molecule has 0 radical (unpaired) electrons. The number of halogens is 1. The Morgan fingerprint density at radius 3 is 2.23 bits per heavy atom. The number of aliphatic hydroxyl groups is 1. The Bertz CT molecular complexity index is 966. The highest BCUT2D eigenvalue weighted by Crippen LogP contribution is 2.39. The molecule has 3 rings (SSSR count). The Balaban J connectivity index is 2.07. The maximum Gasteiger partial charge on any atom is 0.295 e. The third-order valence-electron chi connectivity index (χ3n) is 5.64. The second-order valence-corrected chi connectivity index (χ2v) is 7.30. The first-order valence-corrected chi connectivity index (χ1v) is 10.3. The summed E-state index contributed by atoms with van der Waals surface area (Å²) in [4.78, 5) is 29.5. The number of aliphatic hydroxyl groups excluding tert-OH is 1. The van der Waals surface area contributed by atoms with E-state index in [4.69, 9.17) is 4.74 Å². The number of rotatable bonds is 8. The van der Waals surface area contributed by atoms with Crippen molar-refractivity contribution in [3.05, 3.63) is 71.0 Å². The van der Waals surface area contributed by atoms with Gasteiger partial charge < -0.3 is 19.6 Å². The predicted molar refractivity (Wildman–Crippen MR) is 116 cm³/mol. The van der Waals surface area contributed by atoms with Crippen molar-refractivity contribution in [2.75, 3.05) is 33.3 Å². The van der Waals surface area contributed by atoms with Gasteiger partial charge in [-0.3, -0.25) is 9.59 Å². The number of Topliss-reactive ketones (excluding diaryl/α,β-unsaturated/α-hetero) is 1. The summed E-state index contributed by atoms with van der Waals surface area (Å²) >= 11 is 0. The number of ether oxygens (including phenoxy) is 1. The van der Waals surface area contributed by atoms with Crippen molar-refractivity contribution in [3.63, 3.8) is 0 Å². The highest BCUT2D eigenvalue weighted by molar-refractivity contribution is 6.46. The number of hydrogen-bond acceptors (Lipinski definition) is 5. The largest absolute Gasteiger partial charge is 0.507 e. The molecule has 1 heterocycles. The summed E-state index contributed by atoms with van der Waals surface area (Å²) in [7, 11) is 1.53. The lowest BCUT2D eigenvalue weighted by Crippen LogP contribution is -2.38. The molecule has 1 amide bonds. The zero-order valence-corrected chi connectivity index (χ0v) is 18.0. The number of carbonyl (C=O) groups is 2. The minimum absolute atomic E-state index is 0.00122. The molecule has 2 aromatic rings. The van der Waals surface area contributed by atoms with Crippen LogP contribution in [-0.4, -0.2) is 59.9 Å². The molecule has 2 aromatic carbocycles. The van der Waals surface area contributed by atoms with Crippen LogP contribution in [-0.2, 0) is 9.59 Å². The second kappa shape index (κ2) is 9.75. The number of ketones is 1. The van der Waals surface area contributed by atoms with E-state index in [1.165, 1.54) is 36.3 Å². The zero-order valence-electron chi connectivity index (χ0n) is 18.0. The van der Waals surface area contributed by atoms with Crippen LogP contribution in [0, 0.1) is 5.82 Å². The van der Waals surface area contributed by atoms with Gasteiger partial charge in [-0.15, -0.1) is 0 Å². The van der Waals surface area contributed by atoms with E-state index in [-0.39, 0.29) is 11.3 Å². The fourth-order valence-electron chi connectivity index (χ4n) is 3.80. The first kappa shape index (κ1) is 22.5. The molecule has 164 valence electrons. The van der Waals surface area contributed by atoms with Gasteiger partial charge in [-0.1, -0.05) is 26.0 Å². The predicted octanol–water partition coefficient (Wildman–Crippen LogP) is 3.60. The van der Waals surface area contributed by atoms with Gasteiger partial charge in [-0.2, -0.15) is 0 Å². The Kier molecular flexibility index (Phi) is 7.07. The summed E-state index contributed by atoms with van der Waals surface area (Å²) in [5.41, 5.74) is 0.964. The average molecular weight is 426 g/mol. The van der Waals surface area contributed by atoms with Crippen molar-refractivity contribution < 1.29 is 23.8 Å². The standard InChI is InChI=1S/C24H27FN2O4/c1-4-26(5-2)14-15-27-21(16-6-10-18(25)11-7-16)20(23(29)24(27)30)22(28)17-8-12-19(31-3)13-9-17/h6-13,21,28H,4-5,14-15H2,1-3H3/b22-20+/t21-/m1/s1. The highest BCUT2D eigenvalue weighted by atomic mass is 19.1. The molecular weight excluding hydrogens is 399 g/mol. The number of likely N-dealkylation sites (tertiary alicyclic amines) is 1. The average Bonchev–Trinajstić information content (AvgIpc) is 3.05. The lowest BCUT2D eigenvalue weighted by molar-refractivity contribution is -0.140. The molecule has 0 saturated carbocycles. The van der Waals surface area contributed by atoms with Gasteiger partial charge in [-0.05, 0) is 55.1 Å². The molecule has 1 fully saturated rings. The molecule has 31 heavy (non-hydrogen) atoms. The maximum atomic E-state index is 13.5. The normalized spacial score (nSPS) is 18.1. The lowest BCUT2D eigenvalue weighted by Gasteiger charge is -2.28. The third kappa shape index (κ3) is 4.61. The van der Waals surface area contributed by atoms with Crippen molar-refractivity contribution >= 4 is 17.4 Å². The number of likely N-dealkylation sites (N-methyl/N-ethyl adjacent to an activating group) is 1. The van der Waals surface area contributed by atoms with E-state index in [1.807, 2.05) is 13.8 Å². The number of carbonyl (C=O) groups excluding carboxylic acids is 2. The van der Waals surface area contributed by atoms with E-state index in [9.17, 15) is 19.1 Å². The maximum absolute atomic E-state index is 13.5. The van der Waals surface area contributed by atoms with E-state index in [0.29, 0.717) is 30.0 Å². The van der Waals surface area contributed by atoms with Gasteiger partial charge in [-0.25, -0.2) is 4.39 Å². The van der Waals surface area contributed by atoms with Crippen molar-refractivity contribution in [1.82, 2.24) is 9.80 Å². The minimum Gasteiger partial charge on any atom is -0.507 e. The molecule has 0 unspecified atom stereocenters. The van der Waals surface area contributed by atoms with Gasteiger partial charge in [0.15, 0.2) is 0 Å². The van der Waals surface area contributed by atoms with Crippen LogP contribution in [0.3, 0.4) is 0 Å². The van der Waals surface area contributed by atoms with Crippen molar-refractivity contribution in [2.24, 2.45) is 0 Å². The van der Waals surface area contributed by atoms with Crippen molar-refractivity contribution in [1.29, 1.82) is 0 Å². The Morgan fingerprint density at radius 1 is 1.06 bits per heavy atom. The first-order valence-electron chi connectivity index (χ1n) is 10.3. The van der Waals surface area contributed by atoms with E-state index in [0.717, 1.165) is 13.1 Å². The van der Waals surface area contributed by atoms with Crippen LogP contribution in [0.25, 0.3) is 5.76 Å². The molecule has 1 aliphatic heterocycles. The SMILES string of the molecule is CCN(CC)CCN1C(=O)C(=O)/C(=C(/O)c2ccc(OC)cc2)[C@H]1c1ccc(F)cc1. The summed E-state index contributed by atoms with van der Waals surface area (Å²) in [6.45, 7) is 6.58. The summed E-state index contributed by atoms with van der Waals surface area (Å²) < 4.78 is 18.7. The molecule has 1 N–H and O–H groups in total. The second-order valence-electron chi connectivity index (χ2n) is 7.30. The van der Waals surface area contributed by atoms with Crippen LogP contribution >= 0.6 is 0 Å². The van der Waals surface area contributed by atoms with Crippen LogP contribution in [0.2, 0.25) is 0 Å². The number of benzene rings is 2. The molecule has 0 bridgehead atoms. The van der Waals surface area contributed by atoms with Gasteiger partial charge in [0.2, 0.25) is 0 Å². The molecule has 1 saturated heterocycles. The molecule has 1 aliphatic rings. The van der Waals surface area contributed by atoms with Crippen LogP contribution in [0.1, 0.15) is 31.0 Å². The molecular formula is C24H27FN2O4. The molecule has 7 heteroatoms. The van der Waals surface area contributed by atoms with Crippen molar-refractivity contribution in [3.8, 4) is 5.75 Å². The topological polar surface area (TPSA) is 70.1 Å². The monoisotopic (exact) mass is 426 g/mol. The fraction of sp³-hybridized carbons (Fsp3) is 0.333. The summed E-state index contributed by atoms with van der Waals surface area (Å²) in [6.07, 6.45) is 0. The number of methoxy groups -OCH3 is 1. The van der Waals surface area contributed by atoms with Gasteiger partial charge in [0, 0.05) is 18.7 Å². The van der Waals surface area contributed by atoms with E-state index in [2.05, 4.69) is 4.90 Å². The first-order chi connectivity index (χ1) is 14.9. The number of nitrogens with zero attached hydrogens (tertiary/aromatic N) is 2. The van der Waals surface area contributed by atoms with Gasteiger partial charge in [0.25, 0.3) is 11.7 Å². The molecule has 0 aromatic heterocycles. The third-order valence-corrected chi connectivity index (χ3v) is 5.64. The van der Waals surface area contributed by atoms with Crippen LogP contribution < -0.4 is 4.74 Å². The fourth-order valence-corrected chi connectivity index (χ4v) is 3.80. The molecule has 6 nitrogen and oxygen atoms in total. The van der Waals surface area contributed by atoms with Gasteiger partial charge >= 0.3 is 0 Å². The molecule has 1 atom stereocenters. The Morgan fingerprint density at radius 2 is 1.68 bits per heavy atom. The minimum atomic E-state index is -0.793. The van der Waals surface area contributed by atoms with Gasteiger partial charge in [0.05, 0.1) is 18.7 Å². The summed E-state index contributed by atoms with van der Waals surface area (Å²) in [5.74, 6) is -1.50. The summed E-state index contributed by atoms with van der Waals surface area (Å²) in [5, 5.41) is 11.0. The van der Waals surface area contributed by atoms with E-state index >= 15 is 0 Å². The lowest BCUT2D eigenvalue weighted by atomic mass is 9.95. The summed E-state index contributed by atoms with van der Waals surface area (Å²) in [6, 6.07) is 11.4. The quantitative estimate of drug-likeness (QED) is 0.397. The van der Waals surface area contributed by atoms with E-state index < -0.39 is 23.5 Å². The zero-order chi connectivity index (χ0) is 22.5. The Labute approximate surface area is 181 Å². The number of amides is 1. The number of hydrogen-bond donors (Lipinski definition) is 1. The van der Waals surface area contributed by atoms with Crippen LogP contribution in [0.15, 0.2) is 54.1 Å². The highest BCUT2D eigenvalue weighted by Gasteiger charge is 2.45. The Hall–Kier alpha value is -3.19. The molecule has 0 aliphatic carbocycles. The van der Waals surface area contributed by atoms with Gasteiger partial charge in [0.1, 0.15) is 17.3 Å². The molecule has 0 spiro atoms. The van der Waals surface area contributed by atoms with Crippen LogP contribution in [0.4, 0.5) is 4.39 Å². The van der Waals surface area contributed by atoms with Crippen LogP contribution in [0.5, 0.6) is 5.75 Å². The van der Waals surface area contributed by atoms with E-state index in [1.54, 1.807) is 24.3 Å². The smallest absolute Gasteiger partial charge is 0.295 e.